The van der Waals surface area contributed by atoms with Gasteiger partial charge < -0.3 is 5.32 Å². The summed E-state index contributed by atoms with van der Waals surface area (Å²) >= 11 is 0. The van der Waals surface area contributed by atoms with Crippen LogP contribution in [0.25, 0.3) is 0 Å². The molecule has 0 spiro atoms. The van der Waals surface area contributed by atoms with Gasteiger partial charge >= 0.3 is 0 Å². The molecule has 3 aromatic rings. The summed E-state index contributed by atoms with van der Waals surface area (Å²) in [5, 5.41) is 3.17. The first-order valence-corrected chi connectivity index (χ1v) is 8.99. The van der Waals surface area contributed by atoms with E-state index in [1.807, 2.05) is 31.2 Å². The van der Waals surface area contributed by atoms with E-state index >= 15 is 0 Å². The van der Waals surface area contributed by atoms with E-state index < -0.39 is 15.8 Å². The van der Waals surface area contributed by atoms with E-state index in [2.05, 4.69) is 15.0 Å². The van der Waals surface area contributed by atoms with Gasteiger partial charge in [-0.1, -0.05) is 18.2 Å². The van der Waals surface area contributed by atoms with E-state index in [-0.39, 0.29) is 4.90 Å². The lowest BCUT2D eigenvalue weighted by molar-refractivity contribution is 0.599. The fraction of sp³-hybridized carbons (Fsp3) is 0.0556. The first kappa shape index (κ1) is 16.9. The van der Waals surface area contributed by atoms with Crippen molar-refractivity contribution in [1.82, 2.24) is 4.98 Å². The molecule has 0 radical (unpaired) electrons. The minimum absolute atomic E-state index is 0.0176. The largest absolute Gasteiger partial charge is 0.340 e. The minimum atomic E-state index is -3.79. The molecule has 0 atom stereocenters. The zero-order valence-corrected chi connectivity index (χ0v) is 14.2. The number of anilines is 3. The molecule has 0 unspecified atom stereocenters. The Labute approximate surface area is 145 Å². The Hall–Kier alpha value is -2.93. The third kappa shape index (κ3) is 4.13. The number of aromatic nitrogens is 1. The van der Waals surface area contributed by atoms with Crippen molar-refractivity contribution in [3.05, 3.63) is 78.2 Å². The summed E-state index contributed by atoms with van der Waals surface area (Å²) in [6.45, 7) is 1.98. The van der Waals surface area contributed by atoms with E-state index in [0.717, 1.165) is 23.4 Å². The maximum atomic E-state index is 12.9. The van der Waals surface area contributed by atoms with Gasteiger partial charge in [0.2, 0.25) is 0 Å². The van der Waals surface area contributed by atoms with Gasteiger partial charge in [-0.15, -0.1) is 0 Å². The predicted octanol–water partition coefficient (Wildman–Crippen LogP) is 4.07. The van der Waals surface area contributed by atoms with Crippen LogP contribution in [-0.2, 0) is 10.0 Å². The van der Waals surface area contributed by atoms with Crippen LogP contribution in [0.3, 0.4) is 0 Å². The maximum absolute atomic E-state index is 12.9. The third-order valence-electron chi connectivity index (χ3n) is 3.55. The van der Waals surface area contributed by atoms with Gasteiger partial charge in [0.1, 0.15) is 11.6 Å². The van der Waals surface area contributed by atoms with Gasteiger partial charge in [0.05, 0.1) is 16.8 Å². The first-order chi connectivity index (χ1) is 11.9. The molecule has 0 aliphatic rings. The lowest BCUT2D eigenvalue weighted by Gasteiger charge is -2.10. The van der Waals surface area contributed by atoms with Crippen molar-refractivity contribution in [2.24, 2.45) is 0 Å². The molecule has 0 fully saturated rings. The molecule has 5 nitrogen and oxygen atoms in total. The summed E-state index contributed by atoms with van der Waals surface area (Å²) in [4.78, 5) is 4.19. The van der Waals surface area contributed by atoms with Crippen molar-refractivity contribution in [3.8, 4) is 0 Å². The number of aryl methyl sites for hydroxylation is 1. The number of halogens is 1. The molecular formula is C18H16FN3O2S. The fourth-order valence-electron chi connectivity index (χ4n) is 2.21. The van der Waals surface area contributed by atoms with Gasteiger partial charge in [0.25, 0.3) is 10.0 Å². The number of hydrogen-bond donors (Lipinski definition) is 2. The van der Waals surface area contributed by atoms with Crippen molar-refractivity contribution < 1.29 is 12.8 Å². The number of rotatable bonds is 5. The van der Waals surface area contributed by atoms with Crippen LogP contribution in [0.4, 0.5) is 21.6 Å². The van der Waals surface area contributed by atoms with Crippen LogP contribution in [0.15, 0.2) is 71.8 Å². The smallest absolute Gasteiger partial charge is 0.261 e. The van der Waals surface area contributed by atoms with E-state index in [1.165, 1.54) is 18.3 Å². The zero-order chi connectivity index (χ0) is 17.9. The lowest BCUT2D eigenvalue weighted by atomic mass is 10.2. The Kier molecular flexibility index (Phi) is 4.67. The van der Waals surface area contributed by atoms with Crippen LogP contribution < -0.4 is 10.0 Å². The summed E-state index contributed by atoms with van der Waals surface area (Å²) in [7, 11) is -3.79. The van der Waals surface area contributed by atoms with Crippen molar-refractivity contribution >= 4 is 27.2 Å². The summed E-state index contributed by atoms with van der Waals surface area (Å²) in [5.41, 5.74) is 2.32. The van der Waals surface area contributed by atoms with Crippen molar-refractivity contribution in [2.45, 2.75) is 11.8 Å². The zero-order valence-electron chi connectivity index (χ0n) is 13.4. The van der Waals surface area contributed by atoms with Gasteiger partial charge in [-0.3, -0.25) is 4.72 Å². The topological polar surface area (TPSA) is 71.1 Å². The minimum Gasteiger partial charge on any atom is -0.340 e. The quantitative estimate of drug-likeness (QED) is 0.722. The number of para-hydroxylation sites is 1. The standard InChI is InChI=1S/C18H16FN3O2S/c1-13-4-2-3-5-17(13)21-18-11-8-15(12-20-18)22-25(23,24)16-9-6-14(19)7-10-16/h2-12,22H,1H3,(H,20,21). The van der Waals surface area contributed by atoms with Gasteiger partial charge in [-0.25, -0.2) is 17.8 Å². The molecule has 1 heterocycles. The summed E-state index contributed by atoms with van der Waals surface area (Å²) in [5.74, 6) is 0.103. The molecule has 3 rings (SSSR count). The molecule has 1 aromatic heterocycles. The molecule has 25 heavy (non-hydrogen) atoms. The van der Waals surface area contributed by atoms with E-state index in [0.29, 0.717) is 11.5 Å². The van der Waals surface area contributed by atoms with Crippen LogP contribution >= 0.6 is 0 Å². The van der Waals surface area contributed by atoms with Crippen LogP contribution in [0.2, 0.25) is 0 Å². The molecule has 2 aromatic carbocycles. The lowest BCUT2D eigenvalue weighted by Crippen LogP contribution is -2.13. The highest BCUT2D eigenvalue weighted by Gasteiger charge is 2.14. The molecule has 2 N–H and O–H groups in total. The molecule has 0 bridgehead atoms. The first-order valence-electron chi connectivity index (χ1n) is 7.51. The van der Waals surface area contributed by atoms with Gasteiger partial charge in [-0.2, -0.15) is 0 Å². The molecule has 0 saturated heterocycles. The van der Waals surface area contributed by atoms with E-state index in [9.17, 15) is 12.8 Å². The Morgan fingerprint density at radius 3 is 2.32 bits per heavy atom. The van der Waals surface area contributed by atoms with E-state index in [1.54, 1.807) is 12.1 Å². The second-order valence-corrected chi connectivity index (χ2v) is 7.11. The molecular weight excluding hydrogens is 341 g/mol. The predicted molar refractivity (Wildman–Crippen MR) is 95.9 cm³/mol. The average Bonchev–Trinajstić information content (AvgIpc) is 2.59. The van der Waals surface area contributed by atoms with Gasteiger partial charge in [0.15, 0.2) is 0 Å². The third-order valence-corrected chi connectivity index (χ3v) is 4.94. The summed E-state index contributed by atoms with van der Waals surface area (Å²) < 4.78 is 39.9. The summed E-state index contributed by atoms with van der Waals surface area (Å²) in [6, 6.07) is 15.7. The Morgan fingerprint density at radius 1 is 0.960 bits per heavy atom. The number of hydrogen-bond acceptors (Lipinski definition) is 4. The highest BCUT2D eigenvalue weighted by atomic mass is 32.2. The number of benzene rings is 2. The van der Waals surface area contributed by atoms with Crippen LogP contribution in [0.1, 0.15) is 5.56 Å². The second-order valence-electron chi connectivity index (χ2n) is 5.43. The molecule has 7 heteroatoms. The van der Waals surface area contributed by atoms with Gasteiger partial charge in [-0.05, 0) is 55.0 Å². The average molecular weight is 357 g/mol. The highest BCUT2D eigenvalue weighted by molar-refractivity contribution is 7.92. The Balaban J connectivity index is 1.74. The number of sulfonamides is 1. The molecule has 0 aliphatic carbocycles. The van der Waals surface area contributed by atoms with Crippen molar-refractivity contribution in [2.75, 3.05) is 10.0 Å². The van der Waals surface area contributed by atoms with Gasteiger partial charge in [0, 0.05) is 5.69 Å². The number of nitrogens with zero attached hydrogens (tertiary/aromatic N) is 1. The van der Waals surface area contributed by atoms with Crippen molar-refractivity contribution in [1.29, 1.82) is 0 Å². The highest BCUT2D eigenvalue weighted by Crippen LogP contribution is 2.21. The molecule has 0 saturated carbocycles. The maximum Gasteiger partial charge on any atom is 0.261 e. The Bertz CT molecular complexity index is 972. The number of nitrogens with one attached hydrogen (secondary N) is 2. The Morgan fingerprint density at radius 2 is 1.68 bits per heavy atom. The SMILES string of the molecule is Cc1ccccc1Nc1ccc(NS(=O)(=O)c2ccc(F)cc2)cn1. The van der Waals surface area contributed by atoms with E-state index in [4.69, 9.17) is 0 Å². The molecule has 0 amide bonds. The van der Waals surface area contributed by atoms with Crippen LogP contribution in [0.5, 0.6) is 0 Å². The normalized spacial score (nSPS) is 11.1. The van der Waals surface area contributed by atoms with Crippen LogP contribution in [0, 0.1) is 12.7 Å². The van der Waals surface area contributed by atoms with Crippen LogP contribution in [-0.4, -0.2) is 13.4 Å². The second kappa shape index (κ2) is 6.90. The molecule has 0 aliphatic heterocycles. The summed E-state index contributed by atoms with van der Waals surface area (Å²) in [6.07, 6.45) is 1.42. The number of pyridine rings is 1. The van der Waals surface area contributed by atoms with Crippen molar-refractivity contribution in [3.63, 3.8) is 0 Å². The monoisotopic (exact) mass is 357 g/mol. The fourth-order valence-corrected chi connectivity index (χ4v) is 3.25. The molecule has 128 valence electrons.